The summed E-state index contributed by atoms with van der Waals surface area (Å²) in [7, 11) is 0. The molecule has 0 amide bonds. The van der Waals surface area contributed by atoms with Crippen molar-refractivity contribution in [1.29, 1.82) is 0 Å². The Morgan fingerprint density at radius 2 is 1.54 bits per heavy atom. The average Bonchev–Trinajstić information content (AvgIpc) is 3.75. The smallest absolute Gasteiger partial charge is 0.228 e. The first kappa shape index (κ1) is 21.6. The van der Waals surface area contributed by atoms with Gasteiger partial charge in [0.15, 0.2) is 5.58 Å². The highest BCUT2D eigenvalue weighted by Gasteiger charge is 2.20. The molecule has 4 aromatic carbocycles. The van der Waals surface area contributed by atoms with Crippen molar-refractivity contribution >= 4 is 32.9 Å². The van der Waals surface area contributed by atoms with E-state index >= 15 is 0 Å². The van der Waals surface area contributed by atoms with E-state index in [0.29, 0.717) is 5.89 Å². The first-order valence-electron chi connectivity index (χ1n) is 12.8. The van der Waals surface area contributed by atoms with Crippen molar-refractivity contribution in [2.45, 2.75) is 0 Å². The number of fused-ring (bicyclic) bond motifs is 4. The second-order valence-electron chi connectivity index (χ2n) is 9.53. The van der Waals surface area contributed by atoms with Crippen molar-refractivity contribution < 1.29 is 8.83 Å². The molecule has 0 saturated carbocycles. The summed E-state index contributed by atoms with van der Waals surface area (Å²) in [6.45, 7) is 0. The third-order valence-electron chi connectivity index (χ3n) is 7.23. The van der Waals surface area contributed by atoms with Gasteiger partial charge in [0.05, 0.1) is 29.3 Å². The Hall–Kier alpha value is -5.42. The van der Waals surface area contributed by atoms with E-state index in [4.69, 9.17) is 13.8 Å². The van der Waals surface area contributed by atoms with Gasteiger partial charge in [-0.05, 0) is 66.2 Å². The van der Waals surface area contributed by atoms with Crippen LogP contribution >= 0.6 is 0 Å². The highest BCUT2D eigenvalue weighted by atomic mass is 16.3. The molecule has 0 atom stereocenters. The van der Waals surface area contributed by atoms with Gasteiger partial charge in [-0.3, -0.25) is 4.98 Å². The summed E-state index contributed by atoms with van der Waals surface area (Å²) in [6, 6.07) is 37.3. The summed E-state index contributed by atoms with van der Waals surface area (Å²) in [5.74, 6) is 0.577. The summed E-state index contributed by atoms with van der Waals surface area (Å²) in [6.07, 6.45) is 5.29. The van der Waals surface area contributed by atoms with E-state index in [0.717, 1.165) is 61.2 Å². The molecule has 0 unspecified atom stereocenters. The molecule has 5 nitrogen and oxygen atoms in total. The molecule has 0 saturated heterocycles. The average molecular weight is 504 g/mol. The molecule has 0 aliphatic carbocycles. The predicted molar refractivity (Wildman–Crippen MR) is 155 cm³/mol. The molecular formula is C34H21N3O2. The SMILES string of the molecule is c1ccc(-c2cccc(-n3c4ccccc4c4cc(-c5ccoc5)c(-c5nc6ccccc6o5)cc43)c2)nc1. The van der Waals surface area contributed by atoms with Gasteiger partial charge >= 0.3 is 0 Å². The molecule has 0 N–H and O–H groups in total. The first-order valence-corrected chi connectivity index (χ1v) is 12.8. The third-order valence-corrected chi connectivity index (χ3v) is 7.23. The van der Waals surface area contributed by atoms with Gasteiger partial charge in [-0.15, -0.1) is 0 Å². The Morgan fingerprint density at radius 3 is 2.41 bits per heavy atom. The fourth-order valence-electron chi connectivity index (χ4n) is 5.45. The van der Waals surface area contributed by atoms with Crippen LogP contribution in [0.5, 0.6) is 0 Å². The van der Waals surface area contributed by atoms with Crippen molar-refractivity contribution in [3.8, 4) is 39.5 Å². The monoisotopic (exact) mass is 503 g/mol. The van der Waals surface area contributed by atoms with Crippen molar-refractivity contribution in [2.24, 2.45) is 0 Å². The fraction of sp³-hybridized carbons (Fsp3) is 0. The number of hydrogen-bond acceptors (Lipinski definition) is 4. The van der Waals surface area contributed by atoms with E-state index in [2.05, 4.69) is 70.2 Å². The highest BCUT2D eigenvalue weighted by molar-refractivity contribution is 6.12. The van der Waals surface area contributed by atoms with Crippen molar-refractivity contribution in [1.82, 2.24) is 14.5 Å². The number of oxazole rings is 1. The van der Waals surface area contributed by atoms with Crippen molar-refractivity contribution in [2.75, 3.05) is 0 Å². The van der Waals surface area contributed by atoms with E-state index in [9.17, 15) is 0 Å². The molecule has 0 aliphatic heterocycles. The quantitative estimate of drug-likeness (QED) is 0.241. The van der Waals surface area contributed by atoms with Gasteiger partial charge < -0.3 is 13.4 Å². The molecule has 4 aromatic heterocycles. The number of pyridine rings is 1. The Morgan fingerprint density at radius 1 is 0.641 bits per heavy atom. The van der Waals surface area contributed by atoms with Gasteiger partial charge in [-0.1, -0.05) is 48.5 Å². The molecule has 0 bridgehead atoms. The third kappa shape index (κ3) is 3.48. The van der Waals surface area contributed by atoms with Crippen LogP contribution in [0.4, 0.5) is 0 Å². The van der Waals surface area contributed by atoms with E-state index in [1.807, 2.05) is 54.7 Å². The topological polar surface area (TPSA) is 57.0 Å². The van der Waals surface area contributed by atoms with Crippen LogP contribution in [0.1, 0.15) is 0 Å². The van der Waals surface area contributed by atoms with Gasteiger partial charge in [0.25, 0.3) is 0 Å². The lowest BCUT2D eigenvalue weighted by molar-refractivity contribution is 0.568. The zero-order chi connectivity index (χ0) is 25.8. The maximum absolute atomic E-state index is 6.28. The molecule has 8 rings (SSSR count). The number of nitrogens with zero attached hydrogens (tertiary/aromatic N) is 3. The van der Waals surface area contributed by atoms with Crippen molar-refractivity contribution in [3.05, 3.63) is 128 Å². The Labute approximate surface area is 223 Å². The molecule has 4 heterocycles. The maximum Gasteiger partial charge on any atom is 0.228 e. The number of aromatic nitrogens is 3. The molecule has 0 radical (unpaired) electrons. The van der Waals surface area contributed by atoms with E-state index < -0.39 is 0 Å². The highest BCUT2D eigenvalue weighted by Crippen LogP contribution is 2.41. The second-order valence-corrected chi connectivity index (χ2v) is 9.53. The lowest BCUT2D eigenvalue weighted by Gasteiger charge is -2.12. The molecule has 39 heavy (non-hydrogen) atoms. The van der Waals surface area contributed by atoms with Crippen LogP contribution in [0.15, 0.2) is 137 Å². The number of para-hydroxylation sites is 3. The molecule has 5 heteroatoms. The standard InChI is InChI=1S/C34H21N3O2/c1-3-13-31-25(10-1)27-19-26(23-15-17-38-21-23)28(34-36-30-12-2-4-14-33(30)39-34)20-32(27)37(31)24-9-7-8-22(18-24)29-11-5-6-16-35-29/h1-21H. The van der Waals surface area contributed by atoms with Crippen LogP contribution in [0.25, 0.3) is 72.4 Å². The van der Waals surface area contributed by atoms with Gasteiger partial charge in [0.1, 0.15) is 5.52 Å². The molecule has 0 aliphatic rings. The molecule has 8 aromatic rings. The number of furan rings is 1. The van der Waals surface area contributed by atoms with E-state index in [-0.39, 0.29) is 0 Å². The Bertz CT molecular complexity index is 2090. The molecule has 0 spiro atoms. The Balaban J connectivity index is 1.45. The predicted octanol–water partition coefficient (Wildman–Crippen LogP) is 8.91. The van der Waals surface area contributed by atoms with Crippen LogP contribution in [-0.4, -0.2) is 14.5 Å². The van der Waals surface area contributed by atoms with Crippen LogP contribution in [0.2, 0.25) is 0 Å². The summed E-state index contributed by atoms with van der Waals surface area (Å²) >= 11 is 0. The Kier molecular flexibility index (Phi) is 4.76. The summed E-state index contributed by atoms with van der Waals surface area (Å²) in [4.78, 5) is 9.43. The van der Waals surface area contributed by atoms with Gasteiger partial charge in [0, 0.05) is 39.3 Å². The summed E-state index contributed by atoms with van der Waals surface area (Å²) < 4.78 is 14.1. The van der Waals surface area contributed by atoms with Gasteiger partial charge in [-0.2, -0.15) is 0 Å². The largest absolute Gasteiger partial charge is 0.472 e. The maximum atomic E-state index is 6.28. The van der Waals surface area contributed by atoms with E-state index in [1.54, 1.807) is 12.5 Å². The van der Waals surface area contributed by atoms with Crippen LogP contribution < -0.4 is 0 Å². The summed E-state index contributed by atoms with van der Waals surface area (Å²) in [5, 5.41) is 2.31. The molecule has 0 fully saturated rings. The number of hydrogen-bond donors (Lipinski definition) is 0. The normalized spacial score (nSPS) is 11.6. The number of rotatable bonds is 4. The van der Waals surface area contributed by atoms with Crippen LogP contribution in [0.3, 0.4) is 0 Å². The number of benzene rings is 4. The van der Waals surface area contributed by atoms with Gasteiger partial charge in [0.2, 0.25) is 5.89 Å². The zero-order valence-corrected chi connectivity index (χ0v) is 20.8. The van der Waals surface area contributed by atoms with Crippen LogP contribution in [-0.2, 0) is 0 Å². The minimum atomic E-state index is 0.577. The minimum Gasteiger partial charge on any atom is -0.472 e. The van der Waals surface area contributed by atoms with Gasteiger partial charge in [-0.25, -0.2) is 4.98 Å². The van der Waals surface area contributed by atoms with Crippen molar-refractivity contribution in [3.63, 3.8) is 0 Å². The molecular weight excluding hydrogens is 482 g/mol. The fourth-order valence-corrected chi connectivity index (χ4v) is 5.45. The second kappa shape index (κ2) is 8.57. The van der Waals surface area contributed by atoms with Crippen LogP contribution in [0, 0.1) is 0 Å². The lowest BCUT2D eigenvalue weighted by atomic mass is 9.98. The zero-order valence-electron chi connectivity index (χ0n) is 20.8. The van der Waals surface area contributed by atoms with E-state index in [1.165, 1.54) is 5.39 Å². The summed E-state index contributed by atoms with van der Waals surface area (Å²) in [5.41, 5.74) is 9.73. The minimum absolute atomic E-state index is 0.577. The lowest BCUT2D eigenvalue weighted by Crippen LogP contribution is -1.95. The first-order chi connectivity index (χ1) is 19.3. The molecule has 184 valence electrons.